The summed E-state index contributed by atoms with van der Waals surface area (Å²) in [6.45, 7) is 1.51. The van der Waals surface area contributed by atoms with Crippen LogP contribution in [0.3, 0.4) is 0 Å². The van der Waals surface area contributed by atoms with Crippen molar-refractivity contribution in [2.45, 2.75) is 115 Å². The average Bonchev–Trinajstić information content (AvgIpc) is 3.84. The Morgan fingerprint density at radius 3 is 1.90 bits per heavy atom. The molecule has 23 heteroatoms. The van der Waals surface area contributed by atoms with Gasteiger partial charge in [0.25, 0.3) is 0 Å². The van der Waals surface area contributed by atoms with Crippen LogP contribution in [0.2, 0.25) is 0 Å². The number of hydrogen-bond donors (Lipinski definition) is 10. The minimum atomic E-state index is -1.63. The second-order valence-electron chi connectivity index (χ2n) is 17.5. The number of likely N-dealkylation sites (N-methyl/N-ethyl adjacent to an activating group) is 1. The first-order valence-corrected chi connectivity index (χ1v) is 23.3. The lowest BCUT2D eigenvalue weighted by Gasteiger charge is -2.30. The van der Waals surface area contributed by atoms with E-state index in [1.165, 1.54) is 25.8 Å². The van der Waals surface area contributed by atoms with Gasteiger partial charge in [0, 0.05) is 58.9 Å². The van der Waals surface area contributed by atoms with Crippen LogP contribution in [0.1, 0.15) is 74.6 Å². The van der Waals surface area contributed by atoms with Crippen molar-refractivity contribution in [2.75, 3.05) is 39.8 Å². The quantitative estimate of drug-likeness (QED) is 0.124. The molecule has 70 heavy (non-hydrogen) atoms. The molecule has 10 N–H and O–H groups in total. The number of amides is 11. The summed E-state index contributed by atoms with van der Waals surface area (Å²) in [5.41, 5.74) is 2.89. The molecule has 0 aromatic heterocycles. The zero-order chi connectivity index (χ0) is 50.9. The lowest BCUT2D eigenvalue weighted by atomic mass is 10.0. The van der Waals surface area contributed by atoms with Crippen LogP contribution in [-0.4, -0.2) is 156 Å². The molecule has 0 saturated carbocycles. The average molecular weight is 974 g/mol. The summed E-state index contributed by atoms with van der Waals surface area (Å²) >= 11 is 0. The first-order chi connectivity index (χ1) is 33.4. The van der Waals surface area contributed by atoms with Crippen molar-refractivity contribution >= 4 is 65.0 Å². The van der Waals surface area contributed by atoms with E-state index in [4.69, 9.17) is 0 Å². The number of nitrogens with zero attached hydrogens (tertiary/aromatic N) is 2. The molecular weight excluding hydrogens is 911 g/mol. The fourth-order valence-corrected chi connectivity index (χ4v) is 8.05. The maximum atomic E-state index is 13.9. The van der Waals surface area contributed by atoms with E-state index in [9.17, 15) is 57.8 Å². The number of hydrogen-bond acceptors (Lipinski definition) is 12. The van der Waals surface area contributed by atoms with E-state index in [1.807, 2.05) is 24.3 Å². The highest BCUT2D eigenvalue weighted by atomic mass is 16.3. The molecule has 2 aromatic rings. The van der Waals surface area contributed by atoms with Gasteiger partial charge in [-0.3, -0.25) is 52.7 Å². The lowest BCUT2D eigenvalue weighted by molar-refractivity contribution is -0.142. The SMILES string of the molecule is C[C@@H]1NC(=O)CCC(=O)NCc2ccc(cc2)CCNC(=O)C2CCCN2C(=O)CNC(=O)[C@H]([C@@H](C)O)NC(=O)[C@@H]2CCC(=O)NCc3cccc(c3)C[C@H](NC(=O)CNC1=O)C(=O)NCC(=O)N2C. The van der Waals surface area contributed by atoms with E-state index in [2.05, 4.69) is 47.9 Å². The van der Waals surface area contributed by atoms with E-state index in [0.29, 0.717) is 30.4 Å². The smallest absolute Gasteiger partial charge is 0.245 e. The highest BCUT2D eigenvalue weighted by molar-refractivity contribution is 5.97. The molecule has 6 atom stereocenters. The van der Waals surface area contributed by atoms with Gasteiger partial charge in [0.15, 0.2) is 0 Å². The van der Waals surface area contributed by atoms with Crippen molar-refractivity contribution in [3.63, 3.8) is 0 Å². The molecule has 0 aliphatic carbocycles. The van der Waals surface area contributed by atoms with E-state index in [-0.39, 0.29) is 64.2 Å². The van der Waals surface area contributed by atoms with Crippen molar-refractivity contribution in [1.82, 2.24) is 57.7 Å². The predicted molar refractivity (Wildman–Crippen MR) is 249 cm³/mol. The van der Waals surface area contributed by atoms with Crippen LogP contribution in [-0.2, 0) is 78.7 Å². The number of aliphatic hydroxyl groups is 1. The lowest BCUT2D eigenvalue weighted by Crippen LogP contribution is -2.59. The Bertz CT molecular complexity index is 2290. The van der Waals surface area contributed by atoms with Gasteiger partial charge in [0.1, 0.15) is 30.2 Å². The Morgan fingerprint density at radius 2 is 1.17 bits per heavy atom. The molecule has 4 aliphatic heterocycles. The number of nitrogens with one attached hydrogen (secondary N) is 9. The monoisotopic (exact) mass is 973 g/mol. The van der Waals surface area contributed by atoms with Gasteiger partial charge in [-0.05, 0) is 61.8 Å². The number of rotatable bonds is 1. The zero-order valence-electron chi connectivity index (χ0n) is 39.5. The molecule has 2 aromatic carbocycles. The highest BCUT2D eigenvalue weighted by Crippen LogP contribution is 2.18. The van der Waals surface area contributed by atoms with Gasteiger partial charge in [-0.1, -0.05) is 48.5 Å². The molecule has 4 heterocycles. The van der Waals surface area contributed by atoms with Gasteiger partial charge in [-0.25, -0.2) is 0 Å². The Hall–Kier alpha value is -7.43. The maximum Gasteiger partial charge on any atom is 0.245 e. The standard InChI is InChI=1S/C47H63N11O12/c1-27-43(66)51-24-39(63)55-33-21-31-6-4-7-32(20-31)23-50-36(60)14-13-34(57(3)40(64)25-52-44(33)67)46(69)56-42(28(2)59)47(70)53-26-41(65)58-19-5-8-35(58)45(68)48-18-17-29-9-11-30(12-10-29)22-49-37(61)15-16-38(62)54-27/h4,6-7,9-12,20,27-28,33-35,42,59H,5,8,13-19,21-26H2,1-3H3,(H,48,68)(H,49,61)(H,50,60)(H,51,66)(H,52,67)(H,53,70)(H,54,62)(H,55,63)(H,56,69)/t27-,28+,33-,34-,35?,42-/m0/s1. The van der Waals surface area contributed by atoms with Crippen LogP contribution in [0.4, 0.5) is 0 Å². The molecule has 0 spiro atoms. The van der Waals surface area contributed by atoms with Gasteiger partial charge in [0.05, 0.1) is 25.7 Å². The van der Waals surface area contributed by atoms with Gasteiger partial charge in [0.2, 0.25) is 65.0 Å². The van der Waals surface area contributed by atoms with Crippen LogP contribution < -0.4 is 47.9 Å². The molecule has 6 bridgehead atoms. The first kappa shape index (κ1) is 53.5. The summed E-state index contributed by atoms with van der Waals surface area (Å²) in [6.07, 6.45) is -1.11. The third-order valence-electron chi connectivity index (χ3n) is 12.1. The summed E-state index contributed by atoms with van der Waals surface area (Å²) in [4.78, 5) is 148. The molecule has 0 radical (unpaired) electrons. The number of benzene rings is 2. The summed E-state index contributed by atoms with van der Waals surface area (Å²) < 4.78 is 0. The molecule has 1 fully saturated rings. The van der Waals surface area contributed by atoms with Crippen LogP contribution in [0.25, 0.3) is 0 Å². The van der Waals surface area contributed by atoms with Crippen LogP contribution in [0, 0.1) is 0 Å². The fraction of sp³-hybridized carbons (Fsp3) is 0.511. The minimum Gasteiger partial charge on any atom is -0.391 e. The summed E-state index contributed by atoms with van der Waals surface area (Å²) in [7, 11) is 1.25. The van der Waals surface area contributed by atoms with Crippen molar-refractivity contribution in [2.24, 2.45) is 0 Å². The zero-order valence-corrected chi connectivity index (χ0v) is 39.5. The van der Waals surface area contributed by atoms with Crippen molar-refractivity contribution in [3.8, 4) is 0 Å². The summed E-state index contributed by atoms with van der Waals surface area (Å²) in [6, 6.07) is 7.87. The van der Waals surface area contributed by atoms with E-state index < -0.39 is 115 Å². The van der Waals surface area contributed by atoms with Crippen molar-refractivity contribution < 1.29 is 57.8 Å². The predicted octanol–water partition coefficient (Wildman–Crippen LogP) is -3.57. The highest BCUT2D eigenvalue weighted by Gasteiger charge is 2.36. The number of carbonyl (C=O) groups is 11. The fourth-order valence-electron chi connectivity index (χ4n) is 8.05. The molecule has 378 valence electrons. The van der Waals surface area contributed by atoms with Gasteiger partial charge < -0.3 is 62.8 Å². The largest absolute Gasteiger partial charge is 0.391 e. The topological polar surface area (TPSA) is 323 Å². The third-order valence-corrected chi connectivity index (χ3v) is 12.1. The summed E-state index contributed by atoms with van der Waals surface area (Å²) in [5, 5.41) is 33.8. The van der Waals surface area contributed by atoms with Crippen LogP contribution >= 0.6 is 0 Å². The second-order valence-corrected chi connectivity index (χ2v) is 17.5. The Kier molecular flexibility index (Phi) is 19.7. The van der Waals surface area contributed by atoms with Gasteiger partial charge >= 0.3 is 0 Å². The molecule has 4 aliphatic rings. The van der Waals surface area contributed by atoms with Gasteiger partial charge in [-0.15, -0.1) is 0 Å². The van der Waals surface area contributed by atoms with Crippen molar-refractivity contribution in [1.29, 1.82) is 0 Å². The molecule has 23 nitrogen and oxygen atoms in total. The number of aliphatic hydroxyl groups excluding tert-OH is 1. The number of fused-ring (bicyclic) bond motifs is 25. The van der Waals surface area contributed by atoms with E-state index in [0.717, 1.165) is 16.0 Å². The first-order valence-electron chi connectivity index (χ1n) is 23.3. The minimum absolute atomic E-state index is 0.0376. The van der Waals surface area contributed by atoms with E-state index >= 15 is 0 Å². The van der Waals surface area contributed by atoms with Crippen LogP contribution in [0.15, 0.2) is 48.5 Å². The second kappa shape index (κ2) is 25.8. The Labute approximate surface area is 404 Å². The van der Waals surface area contributed by atoms with E-state index in [1.54, 1.807) is 24.3 Å². The van der Waals surface area contributed by atoms with Gasteiger partial charge in [-0.2, -0.15) is 0 Å². The maximum absolute atomic E-state index is 13.9. The number of carbonyl (C=O) groups excluding carboxylic acids is 11. The molecule has 6 rings (SSSR count). The normalized spacial score (nSPS) is 24.8. The molecule has 11 amide bonds. The Balaban J connectivity index is 1.35. The summed E-state index contributed by atoms with van der Waals surface area (Å²) in [5.74, 6) is -7.40. The van der Waals surface area contributed by atoms with Crippen molar-refractivity contribution in [3.05, 3.63) is 70.8 Å². The third kappa shape index (κ3) is 16.1. The Morgan fingerprint density at radius 1 is 0.543 bits per heavy atom. The molecule has 1 saturated heterocycles. The van der Waals surface area contributed by atoms with Crippen LogP contribution in [0.5, 0.6) is 0 Å². The molecular formula is C47H63N11O12. The molecule has 1 unspecified atom stereocenters.